The van der Waals surface area contributed by atoms with E-state index in [0.717, 1.165) is 30.4 Å². The molecule has 0 radical (unpaired) electrons. The Balaban J connectivity index is 1.50. The van der Waals surface area contributed by atoms with Crippen LogP contribution in [-0.4, -0.2) is 4.98 Å². The van der Waals surface area contributed by atoms with Gasteiger partial charge in [-0.2, -0.15) is 4.39 Å². The van der Waals surface area contributed by atoms with Gasteiger partial charge in [-0.3, -0.25) is 0 Å². The number of unbranched alkanes of at least 4 members (excludes halogenated alkanes) is 10. The van der Waals surface area contributed by atoms with E-state index >= 15 is 0 Å². The quantitative estimate of drug-likeness (QED) is 0.149. The monoisotopic (exact) mass is 473 g/mol. The summed E-state index contributed by atoms with van der Waals surface area (Å²) in [6, 6.07) is 21.1. The minimum absolute atomic E-state index is 0.317. The van der Waals surface area contributed by atoms with Crippen LogP contribution in [0.15, 0.2) is 60.7 Å². The Kier molecular flexibility index (Phi) is 12.0. The van der Waals surface area contributed by atoms with Crippen molar-refractivity contribution in [2.75, 3.05) is 0 Å². The molecular formula is C33H44FN. The maximum absolute atomic E-state index is 14.6. The van der Waals surface area contributed by atoms with Crippen LogP contribution in [0.4, 0.5) is 4.39 Å². The molecule has 3 rings (SSSR count). The predicted molar refractivity (Wildman–Crippen MR) is 149 cm³/mol. The van der Waals surface area contributed by atoms with Crippen molar-refractivity contribution < 1.29 is 4.39 Å². The SMILES string of the molecule is CCCCCCCCCc1ccc(-c2ccc(-c3ccc(CCCCCCC)cc3)cc2)nc1F. The summed E-state index contributed by atoms with van der Waals surface area (Å²) in [4.78, 5) is 4.28. The van der Waals surface area contributed by atoms with Crippen LogP contribution < -0.4 is 0 Å². The summed E-state index contributed by atoms with van der Waals surface area (Å²) in [5.74, 6) is -0.317. The molecule has 0 amide bonds. The number of aryl methyl sites for hydroxylation is 2. The topological polar surface area (TPSA) is 12.9 Å². The zero-order valence-electron chi connectivity index (χ0n) is 22.0. The Hall–Kier alpha value is -2.48. The summed E-state index contributed by atoms with van der Waals surface area (Å²) in [6.45, 7) is 4.50. The van der Waals surface area contributed by atoms with E-state index in [1.807, 2.05) is 12.1 Å². The van der Waals surface area contributed by atoms with E-state index in [1.165, 1.54) is 87.3 Å². The van der Waals surface area contributed by atoms with E-state index in [2.05, 4.69) is 67.4 Å². The van der Waals surface area contributed by atoms with Gasteiger partial charge >= 0.3 is 0 Å². The highest BCUT2D eigenvalue weighted by molar-refractivity contribution is 5.69. The highest BCUT2D eigenvalue weighted by atomic mass is 19.1. The molecule has 2 aromatic carbocycles. The fourth-order valence-corrected chi connectivity index (χ4v) is 4.71. The lowest BCUT2D eigenvalue weighted by Gasteiger charge is -2.08. The Bertz CT molecular complexity index is 975. The summed E-state index contributed by atoms with van der Waals surface area (Å²) < 4.78 is 14.6. The zero-order valence-corrected chi connectivity index (χ0v) is 22.0. The van der Waals surface area contributed by atoms with E-state index in [4.69, 9.17) is 0 Å². The fraction of sp³-hybridized carbons (Fsp3) is 0.485. The number of rotatable bonds is 16. The first-order valence-corrected chi connectivity index (χ1v) is 14.1. The van der Waals surface area contributed by atoms with Crippen LogP contribution in [0.25, 0.3) is 22.4 Å². The van der Waals surface area contributed by atoms with Crippen molar-refractivity contribution in [1.29, 1.82) is 0 Å². The Labute approximate surface area is 213 Å². The van der Waals surface area contributed by atoms with Gasteiger partial charge < -0.3 is 0 Å². The number of hydrogen-bond acceptors (Lipinski definition) is 1. The van der Waals surface area contributed by atoms with Crippen molar-refractivity contribution in [3.8, 4) is 22.4 Å². The number of nitrogens with zero attached hydrogens (tertiary/aromatic N) is 1. The summed E-state index contributed by atoms with van der Waals surface area (Å²) in [5.41, 5.74) is 6.21. The van der Waals surface area contributed by atoms with Gasteiger partial charge in [-0.1, -0.05) is 133 Å². The standard InChI is InChI=1S/C33H44FN/c1-3-5-7-9-10-12-14-16-31-25-26-32(35-33(31)34)30-23-21-29(22-24-30)28-19-17-27(18-20-28)15-13-11-8-6-4-2/h17-26H,3-16H2,1-2H3. The molecule has 1 nitrogen and oxygen atoms in total. The molecule has 0 bridgehead atoms. The molecule has 0 N–H and O–H groups in total. The Morgan fingerprint density at radius 2 is 1.00 bits per heavy atom. The lowest BCUT2D eigenvalue weighted by atomic mass is 9.99. The molecule has 0 atom stereocenters. The third-order valence-corrected chi connectivity index (χ3v) is 7.01. The molecule has 0 saturated heterocycles. The molecule has 0 unspecified atom stereocenters. The number of benzene rings is 2. The van der Waals surface area contributed by atoms with Crippen molar-refractivity contribution in [3.05, 3.63) is 77.7 Å². The molecule has 3 aromatic rings. The van der Waals surface area contributed by atoms with Crippen LogP contribution >= 0.6 is 0 Å². The third kappa shape index (κ3) is 9.24. The van der Waals surface area contributed by atoms with Gasteiger partial charge in [0.05, 0.1) is 5.69 Å². The van der Waals surface area contributed by atoms with Crippen molar-refractivity contribution in [3.63, 3.8) is 0 Å². The molecule has 0 aliphatic heterocycles. The van der Waals surface area contributed by atoms with E-state index < -0.39 is 0 Å². The van der Waals surface area contributed by atoms with Crippen LogP contribution in [0.1, 0.15) is 102 Å². The van der Waals surface area contributed by atoms with E-state index in [1.54, 1.807) is 0 Å². The molecule has 1 aromatic heterocycles. The maximum Gasteiger partial charge on any atom is 0.216 e. The molecule has 1 heterocycles. The molecule has 0 aliphatic rings. The van der Waals surface area contributed by atoms with Crippen LogP contribution in [0.2, 0.25) is 0 Å². The average Bonchev–Trinajstić information content (AvgIpc) is 2.89. The van der Waals surface area contributed by atoms with Gasteiger partial charge in [0.15, 0.2) is 0 Å². The molecule has 0 spiro atoms. The number of halogens is 1. The Morgan fingerprint density at radius 1 is 0.514 bits per heavy atom. The summed E-state index contributed by atoms with van der Waals surface area (Å²) in [6.07, 6.45) is 17.2. The lowest BCUT2D eigenvalue weighted by molar-refractivity contribution is 0.551. The second-order valence-electron chi connectivity index (χ2n) is 9.96. The summed E-state index contributed by atoms with van der Waals surface area (Å²) in [7, 11) is 0. The summed E-state index contributed by atoms with van der Waals surface area (Å²) >= 11 is 0. The predicted octanol–water partition coefficient (Wildman–Crippen LogP) is 10.4. The number of pyridine rings is 1. The highest BCUT2D eigenvalue weighted by Gasteiger charge is 2.08. The van der Waals surface area contributed by atoms with Crippen LogP contribution in [0.3, 0.4) is 0 Å². The van der Waals surface area contributed by atoms with E-state index in [0.29, 0.717) is 5.69 Å². The Morgan fingerprint density at radius 3 is 1.57 bits per heavy atom. The minimum Gasteiger partial charge on any atom is -0.219 e. The molecular weight excluding hydrogens is 429 g/mol. The highest BCUT2D eigenvalue weighted by Crippen LogP contribution is 2.25. The van der Waals surface area contributed by atoms with Gasteiger partial charge in [-0.25, -0.2) is 4.98 Å². The minimum atomic E-state index is -0.317. The van der Waals surface area contributed by atoms with Crippen molar-refractivity contribution in [1.82, 2.24) is 4.98 Å². The zero-order chi connectivity index (χ0) is 24.7. The first-order valence-electron chi connectivity index (χ1n) is 14.1. The molecule has 0 fully saturated rings. The molecule has 0 aliphatic carbocycles. The number of hydrogen-bond donors (Lipinski definition) is 0. The smallest absolute Gasteiger partial charge is 0.216 e. The van der Waals surface area contributed by atoms with Gasteiger partial charge in [0.25, 0.3) is 0 Å². The van der Waals surface area contributed by atoms with Gasteiger partial charge in [0, 0.05) is 11.1 Å². The average molecular weight is 474 g/mol. The molecule has 2 heteroatoms. The van der Waals surface area contributed by atoms with E-state index in [-0.39, 0.29) is 5.95 Å². The maximum atomic E-state index is 14.6. The van der Waals surface area contributed by atoms with E-state index in [9.17, 15) is 4.39 Å². The van der Waals surface area contributed by atoms with Crippen molar-refractivity contribution in [2.45, 2.75) is 104 Å². The first kappa shape index (κ1) is 27.1. The van der Waals surface area contributed by atoms with Gasteiger partial charge in [-0.05, 0) is 48.4 Å². The van der Waals surface area contributed by atoms with Gasteiger partial charge in [0.1, 0.15) is 0 Å². The normalized spacial score (nSPS) is 11.2. The van der Waals surface area contributed by atoms with Gasteiger partial charge in [0.2, 0.25) is 5.95 Å². The van der Waals surface area contributed by atoms with Crippen LogP contribution in [-0.2, 0) is 12.8 Å². The molecule has 188 valence electrons. The third-order valence-electron chi connectivity index (χ3n) is 7.01. The van der Waals surface area contributed by atoms with Crippen molar-refractivity contribution >= 4 is 0 Å². The molecule has 0 saturated carbocycles. The van der Waals surface area contributed by atoms with Crippen molar-refractivity contribution in [2.24, 2.45) is 0 Å². The van der Waals surface area contributed by atoms with Crippen LogP contribution in [0.5, 0.6) is 0 Å². The van der Waals surface area contributed by atoms with Gasteiger partial charge in [-0.15, -0.1) is 0 Å². The first-order chi connectivity index (χ1) is 17.2. The van der Waals surface area contributed by atoms with Crippen LogP contribution in [0, 0.1) is 5.95 Å². The second-order valence-corrected chi connectivity index (χ2v) is 9.96. The molecule has 35 heavy (non-hydrogen) atoms. The lowest BCUT2D eigenvalue weighted by Crippen LogP contribution is -1.96. The summed E-state index contributed by atoms with van der Waals surface area (Å²) in [5, 5.41) is 0. The fourth-order valence-electron chi connectivity index (χ4n) is 4.71. The largest absolute Gasteiger partial charge is 0.219 e. The number of aromatic nitrogens is 1. The second kappa shape index (κ2) is 15.5.